The predicted octanol–water partition coefficient (Wildman–Crippen LogP) is 3.37. The molecule has 0 saturated heterocycles. The predicted molar refractivity (Wildman–Crippen MR) is 77.7 cm³/mol. The number of nitrogens with one attached hydrogen (secondary N) is 2. The maximum absolute atomic E-state index is 4.37. The Hall–Kier alpha value is -1.75. The van der Waals surface area contributed by atoms with Crippen LogP contribution in [0.1, 0.15) is 6.92 Å². The van der Waals surface area contributed by atoms with Crippen LogP contribution < -0.4 is 10.6 Å². The number of anilines is 3. The molecule has 0 saturated carbocycles. The Morgan fingerprint density at radius 3 is 2.94 bits per heavy atom. The van der Waals surface area contributed by atoms with Crippen LogP contribution in [-0.2, 0) is 0 Å². The summed E-state index contributed by atoms with van der Waals surface area (Å²) in [5.74, 6) is 1.43. The fourth-order valence-corrected chi connectivity index (χ4v) is 1.98. The van der Waals surface area contributed by atoms with E-state index in [-0.39, 0.29) is 0 Å². The number of aromatic nitrogens is 2. The number of benzene rings is 1. The summed E-state index contributed by atoms with van der Waals surface area (Å²) in [6.07, 6.45) is 3.80. The van der Waals surface area contributed by atoms with Gasteiger partial charge in [-0.15, -0.1) is 11.8 Å². The van der Waals surface area contributed by atoms with Crippen LogP contribution in [0, 0.1) is 0 Å². The van der Waals surface area contributed by atoms with Crippen LogP contribution >= 0.6 is 11.8 Å². The second-order valence-electron chi connectivity index (χ2n) is 3.65. The van der Waals surface area contributed by atoms with Crippen molar-refractivity contribution >= 4 is 29.2 Å². The van der Waals surface area contributed by atoms with Gasteiger partial charge in [0.1, 0.15) is 5.82 Å². The van der Waals surface area contributed by atoms with E-state index >= 15 is 0 Å². The van der Waals surface area contributed by atoms with E-state index in [9.17, 15) is 0 Å². The molecule has 0 atom stereocenters. The van der Waals surface area contributed by atoms with Crippen molar-refractivity contribution in [3.8, 4) is 0 Å². The average Bonchev–Trinajstić information content (AvgIpc) is 2.40. The van der Waals surface area contributed by atoms with Gasteiger partial charge in [0.2, 0.25) is 5.95 Å². The lowest BCUT2D eigenvalue weighted by molar-refractivity contribution is 1.09. The second kappa shape index (κ2) is 6.26. The Labute approximate surface area is 111 Å². The molecule has 0 aliphatic rings. The molecule has 1 aromatic heterocycles. The van der Waals surface area contributed by atoms with Crippen LogP contribution in [0.5, 0.6) is 0 Å². The summed E-state index contributed by atoms with van der Waals surface area (Å²) in [5, 5.41) is 6.36. The highest BCUT2D eigenvalue weighted by Crippen LogP contribution is 2.21. The number of nitrogens with zero attached hydrogens (tertiary/aromatic N) is 2. The summed E-state index contributed by atoms with van der Waals surface area (Å²) in [4.78, 5) is 9.73. The van der Waals surface area contributed by atoms with Crippen LogP contribution in [0.3, 0.4) is 0 Å². The van der Waals surface area contributed by atoms with Gasteiger partial charge in [-0.05, 0) is 37.4 Å². The minimum atomic E-state index is 0.642. The van der Waals surface area contributed by atoms with Crippen LogP contribution in [0.25, 0.3) is 0 Å². The zero-order chi connectivity index (χ0) is 12.8. The van der Waals surface area contributed by atoms with E-state index in [1.54, 1.807) is 18.0 Å². The average molecular weight is 260 g/mol. The normalized spacial score (nSPS) is 10.1. The molecule has 18 heavy (non-hydrogen) atoms. The highest BCUT2D eigenvalue weighted by molar-refractivity contribution is 7.98. The molecule has 5 heteroatoms. The molecule has 0 spiro atoms. The van der Waals surface area contributed by atoms with E-state index < -0.39 is 0 Å². The van der Waals surface area contributed by atoms with Gasteiger partial charge in [0.05, 0.1) is 0 Å². The standard InChI is InChI=1S/C13H16N4S/c1-3-14-13-15-8-7-12(17-13)16-10-5-4-6-11(9-10)18-2/h4-9H,3H2,1-2H3,(H2,14,15,16,17). The van der Waals surface area contributed by atoms with Gasteiger partial charge < -0.3 is 10.6 Å². The van der Waals surface area contributed by atoms with Gasteiger partial charge in [-0.25, -0.2) is 4.98 Å². The zero-order valence-corrected chi connectivity index (χ0v) is 11.3. The van der Waals surface area contributed by atoms with Gasteiger partial charge in [0.25, 0.3) is 0 Å². The van der Waals surface area contributed by atoms with Crippen molar-refractivity contribution in [3.05, 3.63) is 36.5 Å². The zero-order valence-electron chi connectivity index (χ0n) is 10.5. The molecule has 1 aromatic carbocycles. The molecule has 0 amide bonds. The fraction of sp³-hybridized carbons (Fsp3) is 0.231. The molecule has 1 heterocycles. The lowest BCUT2D eigenvalue weighted by Gasteiger charge is -2.08. The van der Waals surface area contributed by atoms with E-state index in [1.165, 1.54) is 4.90 Å². The first kappa shape index (κ1) is 12.7. The van der Waals surface area contributed by atoms with Gasteiger partial charge >= 0.3 is 0 Å². The van der Waals surface area contributed by atoms with Crippen molar-refractivity contribution in [2.24, 2.45) is 0 Å². The number of rotatable bonds is 5. The summed E-state index contributed by atoms with van der Waals surface area (Å²) < 4.78 is 0. The summed E-state index contributed by atoms with van der Waals surface area (Å²) in [6.45, 7) is 2.83. The number of thioether (sulfide) groups is 1. The van der Waals surface area contributed by atoms with E-state index in [2.05, 4.69) is 39.0 Å². The van der Waals surface area contributed by atoms with Gasteiger partial charge in [-0.3, -0.25) is 0 Å². The molecule has 2 aromatic rings. The highest BCUT2D eigenvalue weighted by Gasteiger charge is 1.99. The summed E-state index contributed by atoms with van der Waals surface area (Å²) in [7, 11) is 0. The Morgan fingerprint density at radius 1 is 1.28 bits per heavy atom. The minimum absolute atomic E-state index is 0.642. The van der Waals surface area contributed by atoms with Crippen molar-refractivity contribution in [2.45, 2.75) is 11.8 Å². The topological polar surface area (TPSA) is 49.8 Å². The molecule has 0 unspecified atom stereocenters. The third-order valence-corrected chi connectivity index (χ3v) is 3.06. The summed E-state index contributed by atoms with van der Waals surface area (Å²) in [5.41, 5.74) is 1.03. The minimum Gasteiger partial charge on any atom is -0.354 e. The molecule has 0 bridgehead atoms. The molecule has 0 aliphatic carbocycles. The van der Waals surface area contributed by atoms with Crippen LogP contribution in [-0.4, -0.2) is 22.8 Å². The lowest BCUT2D eigenvalue weighted by atomic mass is 10.3. The first-order valence-electron chi connectivity index (χ1n) is 5.80. The largest absolute Gasteiger partial charge is 0.354 e. The Balaban J connectivity index is 2.14. The molecule has 0 aliphatic heterocycles. The molecule has 2 rings (SSSR count). The van der Waals surface area contributed by atoms with E-state index in [0.29, 0.717) is 5.95 Å². The van der Waals surface area contributed by atoms with Crippen molar-refractivity contribution in [1.82, 2.24) is 9.97 Å². The Bertz CT molecular complexity index is 516. The highest BCUT2D eigenvalue weighted by atomic mass is 32.2. The number of hydrogen-bond acceptors (Lipinski definition) is 5. The van der Waals surface area contributed by atoms with Gasteiger partial charge in [0.15, 0.2) is 0 Å². The Morgan fingerprint density at radius 2 is 2.17 bits per heavy atom. The molecule has 94 valence electrons. The molecular formula is C13H16N4S. The van der Waals surface area contributed by atoms with Crippen LogP contribution in [0.4, 0.5) is 17.5 Å². The van der Waals surface area contributed by atoms with Gasteiger partial charge in [-0.1, -0.05) is 6.07 Å². The molecule has 2 N–H and O–H groups in total. The smallest absolute Gasteiger partial charge is 0.224 e. The molecular weight excluding hydrogens is 244 g/mol. The third-order valence-electron chi connectivity index (χ3n) is 2.33. The van der Waals surface area contributed by atoms with Crippen molar-refractivity contribution in [1.29, 1.82) is 0 Å². The second-order valence-corrected chi connectivity index (χ2v) is 4.53. The fourth-order valence-electron chi connectivity index (χ4n) is 1.52. The van der Waals surface area contributed by atoms with Crippen molar-refractivity contribution in [3.63, 3.8) is 0 Å². The van der Waals surface area contributed by atoms with Crippen molar-refractivity contribution < 1.29 is 0 Å². The van der Waals surface area contributed by atoms with E-state index in [1.807, 2.05) is 25.1 Å². The molecule has 0 radical (unpaired) electrons. The van der Waals surface area contributed by atoms with Crippen LogP contribution in [0.2, 0.25) is 0 Å². The summed E-state index contributed by atoms with van der Waals surface area (Å²) in [6, 6.07) is 10.1. The molecule has 4 nitrogen and oxygen atoms in total. The maximum atomic E-state index is 4.37. The summed E-state index contributed by atoms with van der Waals surface area (Å²) >= 11 is 1.72. The van der Waals surface area contributed by atoms with E-state index in [0.717, 1.165) is 18.1 Å². The molecule has 0 fully saturated rings. The first-order chi connectivity index (χ1) is 8.81. The van der Waals surface area contributed by atoms with Gasteiger partial charge in [0, 0.05) is 23.3 Å². The quantitative estimate of drug-likeness (QED) is 0.807. The Kier molecular flexibility index (Phi) is 4.41. The third kappa shape index (κ3) is 3.37. The first-order valence-corrected chi connectivity index (χ1v) is 7.02. The lowest BCUT2D eigenvalue weighted by Crippen LogP contribution is -2.03. The van der Waals surface area contributed by atoms with Gasteiger partial charge in [-0.2, -0.15) is 4.98 Å². The van der Waals surface area contributed by atoms with Crippen LogP contribution in [0.15, 0.2) is 41.4 Å². The van der Waals surface area contributed by atoms with E-state index in [4.69, 9.17) is 0 Å². The number of hydrogen-bond donors (Lipinski definition) is 2. The monoisotopic (exact) mass is 260 g/mol. The van der Waals surface area contributed by atoms with Crippen molar-refractivity contribution in [2.75, 3.05) is 23.4 Å². The SMILES string of the molecule is CCNc1nccc(Nc2cccc(SC)c2)n1. The maximum Gasteiger partial charge on any atom is 0.224 e.